The lowest BCUT2D eigenvalue weighted by Gasteiger charge is -2.32. The number of unbranched alkanes of at least 4 members (excludes halogenated alkanes) is 7. The summed E-state index contributed by atoms with van der Waals surface area (Å²) >= 11 is 0. The second-order valence-electron chi connectivity index (χ2n) is 16.7. The van der Waals surface area contributed by atoms with Crippen LogP contribution in [-0.4, -0.2) is 120 Å². The number of alkyl carbamates (subject to hydrolysis) is 2. The van der Waals surface area contributed by atoms with Gasteiger partial charge in [0.1, 0.15) is 28.2 Å². The maximum absolute atomic E-state index is 12.2. The van der Waals surface area contributed by atoms with Gasteiger partial charge in [0, 0.05) is 50.8 Å². The Morgan fingerprint density at radius 2 is 0.881 bits per heavy atom. The van der Waals surface area contributed by atoms with Gasteiger partial charge in [-0.1, -0.05) is 58.6 Å². The molecule has 6 amide bonds. The normalized spacial score (nSPS) is 13.1. The summed E-state index contributed by atoms with van der Waals surface area (Å²) in [7, 11) is 7.98. The van der Waals surface area contributed by atoms with Crippen LogP contribution in [0.3, 0.4) is 0 Å². The summed E-state index contributed by atoms with van der Waals surface area (Å²) in [6.07, 6.45) is 12.4. The van der Waals surface area contributed by atoms with Crippen LogP contribution in [-0.2, 0) is 13.6 Å². The lowest BCUT2D eigenvalue weighted by molar-refractivity contribution is 0.155. The summed E-state index contributed by atoms with van der Waals surface area (Å²) in [5, 5.41) is 22.9. The van der Waals surface area contributed by atoms with Gasteiger partial charge in [0.25, 0.3) is 0 Å². The first-order valence-electron chi connectivity index (χ1n) is 21.6. The van der Waals surface area contributed by atoms with Crippen molar-refractivity contribution in [3.63, 3.8) is 0 Å². The Hall–Kier alpha value is -3.32. The molecule has 0 aliphatic rings. The van der Waals surface area contributed by atoms with Crippen LogP contribution in [0.25, 0.3) is 0 Å². The van der Waals surface area contributed by atoms with Gasteiger partial charge in [0.2, 0.25) is 16.6 Å². The predicted molar refractivity (Wildman–Crippen MR) is 248 cm³/mol. The molecule has 19 heteroatoms. The molecule has 4 radical (unpaired) electrons. The summed E-state index contributed by atoms with van der Waals surface area (Å²) in [5.74, 6) is 0. The van der Waals surface area contributed by atoms with Crippen molar-refractivity contribution in [2.45, 2.75) is 168 Å². The predicted octanol–water partition coefficient (Wildman–Crippen LogP) is 6.26. The van der Waals surface area contributed by atoms with Gasteiger partial charge in [0.05, 0.1) is 0 Å². The lowest BCUT2D eigenvalue weighted by atomic mass is 10.0. The van der Waals surface area contributed by atoms with Crippen molar-refractivity contribution in [2.75, 3.05) is 39.1 Å². The molecule has 0 saturated heterocycles. The number of carbonyl (C=O) groups excluding carboxylic acids is 4. The van der Waals surface area contributed by atoms with Crippen LogP contribution < -0.4 is 42.5 Å². The van der Waals surface area contributed by atoms with E-state index in [9.17, 15) is 19.2 Å². The fraction of sp³-hybridized carbons (Fsp3) is 0.800. The minimum absolute atomic E-state index is 0.0614. The molecule has 4 atom stereocenters. The number of ether oxygens (including phenoxy) is 2. The molecular weight excluding hydrogens is 782 g/mol. The molecule has 0 rings (SSSR count). The van der Waals surface area contributed by atoms with Crippen molar-refractivity contribution in [2.24, 2.45) is 0 Å². The van der Waals surface area contributed by atoms with Gasteiger partial charge in [-0.25, -0.2) is 19.2 Å². The van der Waals surface area contributed by atoms with E-state index in [4.69, 9.17) is 29.3 Å². The highest BCUT2D eigenvalue weighted by Crippen LogP contribution is 2.16. The average molecular weight is 865 g/mol. The van der Waals surface area contributed by atoms with Crippen molar-refractivity contribution in [1.29, 1.82) is 0 Å². The smallest absolute Gasteiger partial charge is 0.406 e. The van der Waals surface area contributed by atoms with Gasteiger partial charge in [-0.2, -0.15) is 0 Å². The monoisotopic (exact) mass is 865 g/mol. The number of carbonyl (C=O) groups is 4. The van der Waals surface area contributed by atoms with Crippen LogP contribution in [0.2, 0.25) is 26.2 Å². The molecular formula is C40H82B2N8O7Si2. The first-order chi connectivity index (χ1) is 27.6. The standard InChI is InChI=1S/C30H62BN5O6Si2.C10H20BN3O/c1-9-10-11-12-16-21-33-29(38)40-23-43(5,6)42-44(7,8)24-41-30(39)34-22-17-14-13-15-20-32-28(37)36-26(3)19-18-25(2)35-27(4)31;1-7(13-9(3)11)5-6-8(2)14-10(15)12-4/h25-26,35H,4,9-24H2,1-3,5-8H3,(H,33,38)(H,34,39)(H2,32,36,37);7-8,13H,3,5-6H2,1-2,4H3,(H2,12,14,15). The van der Waals surface area contributed by atoms with E-state index in [-0.39, 0.29) is 48.7 Å². The molecule has 338 valence electrons. The molecule has 0 aromatic heterocycles. The molecule has 0 fully saturated rings. The maximum atomic E-state index is 12.2. The number of rotatable bonds is 31. The Morgan fingerprint density at radius 1 is 0.542 bits per heavy atom. The van der Waals surface area contributed by atoms with E-state index in [2.05, 4.69) is 62.6 Å². The zero-order valence-electron chi connectivity index (χ0n) is 38.5. The van der Waals surface area contributed by atoms with Crippen molar-refractivity contribution in [1.82, 2.24) is 42.5 Å². The summed E-state index contributed by atoms with van der Waals surface area (Å²) in [6, 6.07) is 0.391. The van der Waals surface area contributed by atoms with Crippen LogP contribution >= 0.6 is 0 Å². The molecule has 0 saturated carbocycles. The molecule has 0 aromatic carbocycles. The van der Waals surface area contributed by atoms with E-state index in [1.54, 1.807) is 7.05 Å². The molecule has 0 bridgehead atoms. The van der Waals surface area contributed by atoms with Crippen LogP contribution in [0.15, 0.2) is 24.4 Å². The van der Waals surface area contributed by atoms with Crippen LogP contribution in [0.1, 0.15) is 118 Å². The highest BCUT2D eigenvalue weighted by molar-refractivity contribution is 6.84. The fourth-order valence-electron chi connectivity index (χ4n) is 5.80. The topological polar surface area (TPSA) is 192 Å². The summed E-state index contributed by atoms with van der Waals surface area (Å²) in [5.41, 5.74) is 0.933. The fourth-order valence-corrected chi connectivity index (χ4v) is 13.2. The number of nitrogens with one attached hydrogen (secondary N) is 8. The Labute approximate surface area is 362 Å². The zero-order chi connectivity index (χ0) is 45.3. The third-order valence-corrected chi connectivity index (χ3v) is 14.9. The first-order valence-corrected chi connectivity index (χ1v) is 27.8. The molecule has 4 unspecified atom stereocenters. The van der Waals surface area contributed by atoms with Gasteiger partial charge in [-0.3, -0.25) is 0 Å². The Bertz CT molecular complexity index is 1210. The quantitative estimate of drug-likeness (QED) is 0.0294. The van der Waals surface area contributed by atoms with E-state index >= 15 is 0 Å². The van der Waals surface area contributed by atoms with Gasteiger partial charge < -0.3 is 56.1 Å². The number of amides is 6. The maximum Gasteiger partial charge on any atom is 0.406 e. The van der Waals surface area contributed by atoms with E-state index in [0.717, 1.165) is 64.2 Å². The molecule has 0 aliphatic heterocycles. The SMILES string of the molecule is [B]C(=C)NC(C)CCC(C)NC(=O)NC.[B]C(=C)NC(C)CCC(C)NC(=O)NCCCCCCNC(=O)OC[Si](C)(C)O[Si](C)(C)COC(=O)NCCCCCCC. The van der Waals surface area contributed by atoms with Crippen LogP contribution in [0.4, 0.5) is 19.2 Å². The highest BCUT2D eigenvalue weighted by Gasteiger charge is 2.35. The van der Waals surface area contributed by atoms with Crippen molar-refractivity contribution < 1.29 is 32.8 Å². The molecule has 8 N–H and O–H groups in total. The lowest BCUT2D eigenvalue weighted by Crippen LogP contribution is -2.51. The van der Waals surface area contributed by atoms with E-state index in [1.807, 2.05) is 53.9 Å². The number of hydrogen-bond donors (Lipinski definition) is 8. The molecule has 59 heavy (non-hydrogen) atoms. The molecule has 0 aromatic rings. The van der Waals surface area contributed by atoms with Gasteiger partial charge in [-0.15, -0.1) is 0 Å². The highest BCUT2D eigenvalue weighted by atomic mass is 28.4. The van der Waals surface area contributed by atoms with Crippen molar-refractivity contribution in [3.05, 3.63) is 24.4 Å². The first kappa shape index (κ1) is 57.8. The van der Waals surface area contributed by atoms with Crippen molar-refractivity contribution >= 4 is 56.6 Å². The second kappa shape index (κ2) is 34.4. The van der Waals surface area contributed by atoms with E-state index < -0.39 is 28.8 Å². The van der Waals surface area contributed by atoms with Crippen LogP contribution in [0.5, 0.6) is 0 Å². The Balaban J connectivity index is 0. The van der Waals surface area contributed by atoms with Crippen molar-refractivity contribution in [3.8, 4) is 0 Å². The Morgan fingerprint density at radius 3 is 1.24 bits per heavy atom. The van der Waals surface area contributed by atoms with Crippen LogP contribution in [0, 0.1) is 0 Å². The summed E-state index contributed by atoms with van der Waals surface area (Å²) < 4.78 is 17.2. The molecule has 0 aliphatic carbocycles. The molecule has 15 nitrogen and oxygen atoms in total. The summed E-state index contributed by atoms with van der Waals surface area (Å²) in [6.45, 7) is 27.2. The average Bonchev–Trinajstić information content (AvgIpc) is 3.13. The minimum Gasteiger partial charge on any atom is -0.451 e. The summed E-state index contributed by atoms with van der Waals surface area (Å²) in [4.78, 5) is 47.2. The van der Waals surface area contributed by atoms with E-state index in [0.29, 0.717) is 30.8 Å². The zero-order valence-corrected chi connectivity index (χ0v) is 40.5. The minimum atomic E-state index is -2.31. The molecule has 0 spiro atoms. The number of hydrogen-bond acceptors (Lipinski definition) is 9. The van der Waals surface area contributed by atoms with Gasteiger partial charge >= 0.3 is 24.2 Å². The second-order valence-corrected chi connectivity index (χ2v) is 25.1. The largest absolute Gasteiger partial charge is 0.451 e. The third kappa shape index (κ3) is 39.9. The Kier molecular flexibility index (Phi) is 33.7. The number of urea groups is 2. The third-order valence-electron chi connectivity index (χ3n) is 8.77. The van der Waals surface area contributed by atoms with Gasteiger partial charge in [0.15, 0.2) is 0 Å². The van der Waals surface area contributed by atoms with Gasteiger partial charge in [-0.05, 0) is 110 Å². The van der Waals surface area contributed by atoms with E-state index in [1.165, 1.54) is 19.3 Å². The molecule has 0 heterocycles.